The van der Waals surface area contributed by atoms with Gasteiger partial charge >= 0.3 is 0 Å². The molecule has 190 valence electrons. The number of hydrogen-bond donors (Lipinski definition) is 2. The number of aliphatic hydroxyl groups excluding tert-OH is 1. The number of nitrogens with zero attached hydrogens (tertiary/aromatic N) is 5. The van der Waals surface area contributed by atoms with Crippen LogP contribution in [0.3, 0.4) is 0 Å². The molecule has 9 heteroatoms. The van der Waals surface area contributed by atoms with Crippen LogP contribution >= 0.6 is 0 Å². The number of rotatable bonds is 7. The highest BCUT2D eigenvalue weighted by molar-refractivity contribution is 6.03. The lowest BCUT2D eigenvalue weighted by molar-refractivity contribution is -0.128. The van der Waals surface area contributed by atoms with Gasteiger partial charge in [0.25, 0.3) is 5.91 Å². The van der Waals surface area contributed by atoms with E-state index in [2.05, 4.69) is 29.1 Å². The Morgan fingerprint density at radius 1 is 1.17 bits per heavy atom. The summed E-state index contributed by atoms with van der Waals surface area (Å²) < 4.78 is 0. The number of nitriles is 1. The molecule has 1 saturated carbocycles. The van der Waals surface area contributed by atoms with Crippen LogP contribution in [0.25, 0.3) is 0 Å². The first-order valence-corrected chi connectivity index (χ1v) is 12.7. The number of carbonyl (C=O) groups is 2. The lowest BCUT2D eigenvalue weighted by atomic mass is 9.94. The number of amides is 2. The maximum atomic E-state index is 14.1. The number of hydrogen-bond acceptors (Lipinski definition) is 7. The zero-order valence-corrected chi connectivity index (χ0v) is 20.9. The number of anilines is 1. The van der Waals surface area contributed by atoms with Gasteiger partial charge in [0.2, 0.25) is 5.91 Å². The summed E-state index contributed by atoms with van der Waals surface area (Å²) in [6, 6.07) is 5.27. The molecule has 2 aliphatic rings. The van der Waals surface area contributed by atoms with E-state index >= 15 is 0 Å². The molecule has 2 aromatic heterocycles. The SMILES string of the molecule is CC(C)c1ccc(N(C(=O)C2CC(O)CN2C#N)C(C(=O)NC2CCCCC2)c2cccnc2)nc1. The molecule has 1 aliphatic heterocycles. The Balaban J connectivity index is 1.77. The first-order chi connectivity index (χ1) is 17.4. The highest BCUT2D eigenvalue weighted by atomic mass is 16.3. The number of likely N-dealkylation sites (tertiary alicyclic amines) is 1. The molecule has 2 aromatic rings. The molecule has 3 heterocycles. The maximum absolute atomic E-state index is 14.1. The van der Waals surface area contributed by atoms with E-state index < -0.39 is 24.1 Å². The first-order valence-electron chi connectivity index (χ1n) is 12.7. The van der Waals surface area contributed by atoms with Crippen LogP contribution in [-0.2, 0) is 9.59 Å². The van der Waals surface area contributed by atoms with Gasteiger partial charge in [0.1, 0.15) is 17.9 Å². The Kier molecular flexibility index (Phi) is 8.16. The van der Waals surface area contributed by atoms with E-state index in [1.165, 1.54) is 9.80 Å². The predicted molar refractivity (Wildman–Crippen MR) is 135 cm³/mol. The number of aromatic nitrogens is 2. The van der Waals surface area contributed by atoms with Crippen LogP contribution in [0.15, 0.2) is 42.9 Å². The Hall–Kier alpha value is -3.51. The van der Waals surface area contributed by atoms with Crippen LogP contribution in [0.5, 0.6) is 0 Å². The number of nitrogens with one attached hydrogen (secondary N) is 1. The van der Waals surface area contributed by atoms with Gasteiger partial charge in [0, 0.05) is 36.6 Å². The van der Waals surface area contributed by atoms with Crippen molar-refractivity contribution in [2.45, 2.75) is 82.5 Å². The molecular weight excluding hydrogens is 456 g/mol. The van der Waals surface area contributed by atoms with Gasteiger partial charge in [-0.15, -0.1) is 0 Å². The van der Waals surface area contributed by atoms with Gasteiger partial charge in [0.15, 0.2) is 6.19 Å². The van der Waals surface area contributed by atoms with E-state index in [0.29, 0.717) is 11.4 Å². The van der Waals surface area contributed by atoms with Gasteiger partial charge in [-0.2, -0.15) is 5.26 Å². The van der Waals surface area contributed by atoms with Crippen LogP contribution < -0.4 is 10.2 Å². The minimum absolute atomic E-state index is 0.0440. The summed E-state index contributed by atoms with van der Waals surface area (Å²) in [4.78, 5) is 39.4. The Morgan fingerprint density at radius 3 is 2.56 bits per heavy atom. The van der Waals surface area contributed by atoms with E-state index in [0.717, 1.165) is 37.7 Å². The second-order valence-electron chi connectivity index (χ2n) is 10.0. The topological polar surface area (TPSA) is 122 Å². The van der Waals surface area contributed by atoms with Crippen molar-refractivity contribution in [2.24, 2.45) is 0 Å². The third-order valence-corrected chi connectivity index (χ3v) is 7.07. The van der Waals surface area contributed by atoms with E-state index in [1.807, 2.05) is 12.3 Å². The summed E-state index contributed by atoms with van der Waals surface area (Å²) >= 11 is 0. The second-order valence-corrected chi connectivity index (χ2v) is 10.0. The summed E-state index contributed by atoms with van der Waals surface area (Å²) in [6.07, 6.45) is 11.3. The number of pyridine rings is 2. The van der Waals surface area contributed by atoms with Crippen LogP contribution in [-0.4, -0.2) is 56.5 Å². The average Bonchev–Trinajstić information content (AvgIpc) is 3.28. The summed E-state index contributed by atoms with van der Waals surface area (Å²) in [5.74, 6) is -0.194. The van der Waals surface area contributed by atoms with E-state index in [1.54, 1.807) is 36.8 Å². The largest absolute Gasteiger partial charge is 0.391 e. The first kappa shape index (κ1) is 25.6. The Morgan fingerprint density at radius 2 is 1.94 bits per heavy atom. The lowest BCUT2D eigenvalue weighted by Gasteiger charge is -2.34. The number of carbonyl (C=O) groups excluding carboxylic acids is 2. The van der Waals surface area contributed by atoms with Gasteiger partial charge in [-0.1, -0.05) is 45.2 Å². The molecule has 0 aromatic carbocycles. The fraction of sp³-hybridized carbons (Fsp3) is 0.519. The molecule has 3 atom stereocenters. The monoisotopic (exact) mass is 490 g/mol. The second kappa shape index (κ2) is 11.5. The predicted octanol–water partition coefficient (Wildman–Crippen LogP) is 3.04. The molecule has 2 amide bonds. The molecule has 1 aliphatic carbocycles. The van der Waals surface area contributed by atoms with Gasteiger partial charge in [-0.3, -0.25) is 24.4 Å². The highest BCUT2D eigenvalue weighted by Crippen LogP contribution is 2.31. The molecule has 36 heavy (non-hydrogen) atoms. The zero-order chi connectivity index (χ0) is 25.7. The molecule has 0 spiro atoms. The fourth-order valence-corrected chi connectivity index (χ4v) is 5.06. The molecule has 1 saturated heterocycles. The molecule has 0 bridgehead atoms. The van der Waals surface area contributed by atoms with Gasteiger partial charge in [-0.25, -0.2) is 4.98 Å². The van der Waals surface area contributed by atoms with Gasteiger partial charge < -0.3 is 10.4 Å². The van der Waals surface area contributed by atoms with Crippen molar-refractivity contribution in [3.8, 4) is 6.19 Å². The number of β-amino-alcohol motifs (C(OH)–C–C–N with tert-alkyl or cyclic N) is 1. The van der Waals surface area contributed by atoms with Crippen molar-refractivity contribution in [1.29, 1.82) is 5.26 Å². The van der Waals surface area contributed by atoms with Gasteiger partial charge in [-0.05, 0) is 36.5 Å². The van der Waals surface area contributed by atoms with E-state index in [9.17, 15) is 20.0 Å². The zero-order valence-electron chi connectivity index (χ0n) is 20.9. The normalized spacial score (nSPS) is 21.1. The summed E-state index contributed by atoms with van der Waals surface area (Å²) in [5, 5.41) is 23.0. The molecule has 4 rings (SSSR count). The van der Waals surface area contributed by atoms with Crippen molar-refractivity contribution < 1.29 is 14.7 Å². The Labute approximate surface area is 212 Å². The quantitative estimate of drug-likeness (QED) is 0.572. The van der Waals surface area contributed by atoms with Crippen LogP contribution in [0.2, 0.25) is 0 Å². The summed E-state index contributed by atoms with van der Waals surface area (Å²) in [6.45, 7) is 4.19. The van der Waals surface area contributed by atoms with Crippen molar-refractivity contribution in [3.05, 3.63) is 54.0 Å². The van der Waals surface area contributed by atoms with Crippen molar-refractivity contribution in [3.63, 3.8) is 0 Å². The third-order valence-electron chi connectivity index (χ3n) is 7.07. The van der Waals surface area contributed by atoms with Crippen molar-refractivity contribution >= 4 is 17.6 Å². The molecule has 2 N–H and O–H groups in total. The molecular formula is C27H34N6O3. The lowest BCUT2D eigenvalue weighted by Crippen LogP contribution is -2.52. The third kappa shape index (κ3) is 5.65. The molecule has 2 fully saturated rings. The summed E-state index contributed by atoms with van der Waals surface area (Å²) in [5.41, 5.74) is 1.56. The van der Waals surface area contributed by atoms with Gasteiger partial charge in [0.05, 0.1) is 12.6 Å². The van der Waals surface area contributed by atoms with Crippen LogP contribution in [0.1, 0.15) is 75.5 Å². The smallest absolute Gasteiger partial charge is 0.252 e. The van der Waals surface area contributed by atoms with E-state index in [-0.39, 0.29) is 30.8 Å². The molecule has 3 unspecified atom stereocenters. The van der Waals surface area contributed by atoms with Crippen LogP contribution in [0.4, 0.5) is 5.82 Å². The maximum Gasteiger partial charge on any atom is 0.252 e. The summed E-state index contributed by atoms with van der Waals surface area (Å²) in [7, 11) is 0. The highest BCUT2D eigenvalue weighted by Gasteiger charge is 2.43. The molecule has 0 radical (unpaired) electrons. The van der Waals surface area contributed by atoms with E-state index in [4.69, 9.17) is 0 Å². The van der Waals surface area contributed by atoms with Crippen molar-refractivity contribution in [2.75, 3.05) is 11.4 Å². The molecule has 9 nitrogen and oxygen atoms in total. The number of aliphatic hydroxyl groups is 1. The fourth-order valence-electron chi connectivity index (χ4n) is 5.06. The average molecular weight is 491 g/mol. The van der Waals surface area contributed by atoms with Crippen LogP contribution in [0, 0.1) is 11.5 Å². The standard InChI is InChI=1S/C27H34N6O3/c1-18(2)19-10-11-24(30-15-19)33(27(36)23-13-22(34)16-32(23)17-28)25(20-7-6-12-29-14-20)26(35)31-21-8-4-3-5-9-21/h6-7,10-12,14-15,18,21-23,25,34H,3-5,8-9,13,16H2,1-2H3,(H,31,35). The minimum Gasteiger partial charge on any atom is -0.391 e. The Bertz CT molecular complexity index is 1080. The minimum atomic E-state index is -1.02. The van der Waals surface area contributed by atoms with Crippen molar-refractivity contribution in [1.82, 2.24) is 20.2 Å².